The molecular weight excluding hydrogens is 593 g/mol. The summed E-state index contributed by atoms with van der Waals surface area (Å²) in [5, 5.41) is 31.4. The van der Waals surface area contributed by atoms with Crippen molar-refractivity contribution in [1.82, 2.24) is 4.98 Å². The average Bonchev–Trinajstić information content (AvgIpc) is 2.96. The number of aliphatic hydroxyl groups is 2. The Labute approximate surface area is 242 Å². The highest BCUT2D eigenvalue weighted by Crippen LogP contribution is 2.61. The summed E-state index contributed by atoms with van der Waals surface area (Å²) in [5.74, 6) is 2.81. The molecule has 1 aromatic rings. The van der Waals surface area contributed by atoms with Crippen LogP contribution in [0.4, 0.5) is 0 Å². The fraction of sp³-hybridized carbons (Fsp3) is 0.806. The molecule has 1 aromatic heterocycles. The Morgan fingerprint density at radius 1 is 1.21 bits per heavy atom. The van der Waals surface area contributed by atoms with Crippen molar-refractivity contribution in [1.29, 1.82) is 0 Å². The van der Waals surface area contributed by atoms with E-state index in [4.69, 9.17) is 9.84 Å². The Morgan fingerprint density at radius 3 is 2.66 bits per heavy atom. The number of aromatic nitrogens is 1. The number of aromatic carboxylic acids is 1. The molecule has 7 heteroatoms. The lowest BCUT2D eigenvalue weighted by Gasteiger charge is -2.60. The summed E-state index contributed by atoms with van der Waals surface area (Å²) in [4.78, 5) is 15.4. The van der Waals surface area contributed by atoms with Crippen LogP contribution in [-0.2, 0) is 0 Å². The molecule has 3 aliphatic rings. The molecule has 0 bridgehead atoms. The second-order valence-electron chi connectivity index (χ2n) is 13.0. The van der Waals surface area contributed by atoms with Crippen molar-refractivity contribution >= 4 is 28.6 Å². The Morgan fingerprint density at radius 2 is 1.97 bits per heavy atom. The second-order valence-corrected chi connectivity index (χ2v) is 14.1. The number of hydrogen-bond acceptors (Lipinski definition) is 5. The summed E-state index contributed by atoms with van der Waals surface area (Å²) in [6.45, 7) is 10.0. The van der Waals surface area contributed by atoms with Crippen LogP contribution in [0.1, 0.15) is 102 Å². The van der Waals surface area contributed by atoms with Gasteiger partial charge in [-0.05, 0) is 114 Å². The van der Waals surface area contributed by atoms with Gasteiger partial charge in [0.15, 0.2) is 0 Å². The molecule has 10 atom stereocenters. The first-order valence-electron chi connectivity index (χ1n) is 14.9. The molecule has 0 radical (unpaired) electrons. The van der Waals surface area contributed by atoms with Gasteiger partial charge in [0.05, 0.1) is 27.9 Å². The van der Waals surface area contributed by atoms with Gasteiger partial charge in [-0.15, -0.1) is 0 Å². The molecule has 3 saturated carbocycles. The van der Waals surface area contributed by atoms with Crippen LogP contribution in [0.2, 0.25) is 0 Å². The highest BCUT2D eigenvalue weighted by molar-refractivity contribution is 14.1. The molecule has 0 unspecified atom stereocenters. The first kappa shape index (κ1) is 30.0. The van der Waals surface area contributed by atoms with E-state index < -0.39 is 5.97 Å². The number of hydrogen-bond donors (Lipinski definition) is 3. The van der Waals surface area contributed by atoms with Gasteiger partial charge >= 0.3 is 5.97 Å². The number of carboxylic acids is 1. The number of pyridine rings is 1. The van der Waals surface area contributed by atoms with E-state index in [0.717, 1.165) is 42.1 Å². The summed E-state index contributed by atoms with van der Waals surface area (Å²) < 4.78 is 6.69. The van der Waals surface area contributed by atoms with Crippen molar-refractivity contribution in [3.8, 4) is 5.88 Å². The summed E-state index contributed by atoms with van der Waals surface area (Å²) in [6, 6.07) is 1.60. The Kier molecular flexibility index (Phi) is 10.1. The highest BCUT2D eigenvalue weighted by Gasteiger charge is 2.57. The third-order valence-corrected chi connectivity index (χ3v) is 11.7. The van der Waals surface area contributed by atoms with Crippen molar-refractivity contribution in [3.63, 3.8) is 0 Å². The standard InChI is InChI=1S/C31H48INO5/c1-5-23-25-16-22(34)11-13-31(25,4)24-8-6-7-20(10-9-19(3)27(24)28(23)35)18(2)12-14-38-29-26(32)15-21(17-33-29)30(36)37/h15,17-20,22-25,27-28,34-35H,5-14,16H2,1-4H3,(H,36,37)/t18-,19+,20-,22-,23-,24+,25+,27+,28-,31-/m1/s1. The first-order chi connectivity index (χ1) is 18.1. The lowest BCUT2D eigenvalue weighted by atomic mass is 9.45. The molecule has 214 valence electrons. The largest absolute Gasteiger partial charge is 0.478 e. The van der Waals surface area contributed by atoms with E-state index >= 15 is 0 Å². The van der Waals surface area contributed by atoms with Crippen molar-refractivity contribution < 1.29 is 24.9 Å². The second kappa shape index (κ2) is 12.7. The normalized spacial score (nSPS) is 38.6. The fourth-order valence-corrected chi connectivity index (χ4v) is 9.29. The van der Waals surface area contributed by atoms with E-state index in [2.05, 4.69) is 55.3 Å². The molecule has 0 spiro atoms. The van der Waals surface area contributed by atoms with Crippen LogP contribution >= 0.6 is 22.6 Å². The molecule has 4 rings (SSSR count). The van der Waals surface area contributed by atoms with Crippen molar-refractivity contribution in [3.05, 3.63) is 21.4 Å². The monoisotopic (exact) mass is 641 g/mol. The lowest BCUT2D eigenvalue weighted by molar-refractivity contribution is -0.173. The van der Waals surface area contributed by atoms with Crippen LogP contribution in [-0.4, -0.2) is 45.1 Å². The quantitative estimate of drug-likeness (QED) is 0.283. The van der Waals surface area contributed by atoms with Gasteiger partial charge in [0.2, 0.25) is 5.88 Å². The van der Waals surface area contributed by atoms with Crippen molar-refractivity contribution in [2.75, 3.05) is 6.61 Å². The molecular formula is C31H48INO5. The molecule has 3 N–H and O–H groups in total. The zero-order chi connectivity index (χ0) is 27.6. The third-order valence-electron chi connectivity index (χ3n) is 10.9. The predicted molar refractivity (Wildman–Crippen MR) is 157 cm³/mol. The minimum absolute atomic E-state index is 0.176. The number of carbonyl (C=O) groups is 1. The van der Waals surface area contributed by atoms with E-state index in [-0.39, 0.29) is 23.2 Å². The lowest BCUT2D eigenvalue weighted by Crippen LogP contribution is -2.58. The fourth-order valence-electron chi connectivity index (χ4n) is 8.66. The SMILES string of the molecule is CC[C@H]1[C@@H](O)[C@H]2[C@@H](C)CC[C@H]([C@H](C)CCOc3ncc(C(=O)O)cc3I)CCC[C@@H]2[C@@]2(C)CC[C@@H](O)C[C@@H]12. The maximum absolute atomic E-state index is 11.7. The molecule has 3 aliphatic carbocycles. The van der Waals surface area contributed by atoms with Crippen molar-refractivity contribution in [2.45, 2.75) is 104 Å². The number of fused-ring (bicyclic) bond motifs is 3. The van der Waals surface area contributed by atoms with E-state index in [0.29, 0.717) is 53.9 Å². The van der Waals surface area contributed by atoms with Crippen LogP contribution in [0, 0.1) is 50.4 Å². The van der Waals surface area contributed by atoms with Crippen LogP contribution in [0.3, 0.4) is 0 Å². The zero-order valence-electron chi connectivity index (χ0n) is 23.6. The Balaban J connectivity index is 1.40. The summed E-state index contributed by atoms with van der Waals surface area (Å²) in [7, 11) is 0. The number of ether oxygens (including phenoxy) is 1. The van der Waals surface area contributed by atoms with Crippen LogP contribution in [0.25, 0.3) is 0 Å². The third kappa shape index (κ3) is 6.19. The predicted octanol–water partition coefficient (Wildman–Crippen LogP) is 6.81. The minimum Gasteiger partial charge on any atom is -0.478 e. The number of carboxylic acid groups (broad SMARTS) is 1. The van der Waals surface area contributed by atoms with Gasteiger partial charge < -0.3 is 20.1 Å². The topological polar surface area (TPSA) is 99.9 Å². The Bertz CT molecular complexity index is 958. The van der Waals surface area contributed by atoms with E-state index in [1.807, 2.05) is 0 Å². The molecule has 1 heterocycles. The maximum Gasteiger partial charge on any atom is 0.337 e. The molecule has 3 fully saturated rings. The molecule has 0 saturated heterocycles. The minimum atomic E-state index is -0.979. The number of nitrogens with zero attached hydrogens (tertiary/aromatic N) is 1. The number of rotatable bonds is 7. The van der Waals surface area contributed by atoms with Crippen LogP contribution < -0.4 is 4.74 Å². The van der Waals surface area contributed by atoms with Gasteiger partial charge in [-0.1, -0.05) is 53.4 Å². The van der Waals surface area contributed by atoms with Gasteiger partial charge in [-0.2, -0.15) is 0 Å². The van der Waals surface area contributed by atoms with E-state index in [1.165, 1.54) is 31.9 Å². The molecule has 0 amide bonds. The molecule has 0 aromatic carbocycles. The van der Waals surface area contributed by atoms with E-state index in [1.54, 1.807) is 6.07 Å². The van der Waals surface area contributed by atoms with E-state index in [9.17, 15) is 15.0 Å². The first-order valence-corrected chi connectivity index (χ1v) is 16.0. The highest BCUT2D eigenvalue weighted by atomic mass is 127. The summed E-state index contributed by atoms with van der Waals surface area (Å²) in [5.41, 5.74) is 0.396. The van der Waals surface area contributed by atoms with Gasteiger partial charge in [0, 0.05) is 6.20 Å². The number of halogens is 1. The van der Waals surface area contributed by atoms with Gasteiger partial charge in [0.1, 0.15) is 0 Å². The van der Waals surface area contributed by atoms with Gasteiger partial charge in [-0.3, -0.25) is 0 Å². The van der Waals surface area contributed by atoms with Gasteiger partial charge in [-0.25, -0.2) is 9.78 Å². The number of aliphatic hydroxyl groups excluding tert-OH is 2. The van der Waals surface area contributed by atoms with Crippen LogP contribution in [0.15, 0.2) is 12.3 Å². The average molecular weight is 642 g/mol. The van der Waals surface area contributed by atoms with Gasteiger partial charge in [0.25, 0.3) is 0 Å². The molecule has 6 nitrogen and oxygen atoms in total. The van der Waals surface area contributed by atoms with Crippen molar-refractivity contribution in [2.24, 2.45) is 46.8 Å². The zero-order valence-corrected chi connectivity index (χ0v) is 25.8. The summed E-state index contributed by atoms with van der Waals surface area (Å²) >= 11 is 2.09. The summed E-state index contributed by atoms with van der Waals surface area (Å²) in [6.07, 6.45) is 11.6. The Hall–Kier alpha value is -0.930. The molecule has 38 heavy (non-hydrogen) atoms. The maximum atomic E-state index is 11.7. The smallest absolute Gasteiger partial charge is 0.337 e. The van der Waals surface area contributed by atoms with Crippen LogP contribution in [0.5, 0.6) is 5.88 Å². The molecule has 0 aliphatic heterocycles.